The van der Waals surface area contributed by atoms with Gasteiger partial charge in [0.25, 0.3) is 5.91 Å². The highest BCUT2D eigenvalue weighted by Gasteiger charge is 2.12. The van der Waals surface area contributed by atoms with E-state index in [1.54, 1.807) is 66.4 Å². The van der Waals surface area contributed by atoms with E-state index >= 15 is 0 Å². The van der Waals surface area contributed by atoms with Gasteiger partial charge in [0.2, 0.25) is 5.88 Å². The van der Waals surface area contributed by atoms with E-state index in [0.29, 0.717) is 40.2 Å². The van der Waals surface area contributed by atoms with Gasteiger partial charge in [-0.1, -0.05) is 0 Å². The minimum absolute atomic E-state index is 0.268. The van der Waals surface area contributed by atoms with Crippen LogP contribution in [0.5, 0.6) is 23.1 Å². The molecule has 2 aromatic carbocycles. The van der Waals surface area contributed by atoms with Gasteiger partial charge >= 0.3 is 0 Å². The molecule has 1 N–H and O–H groups in total. The molecule has 9 heteroatoms. The number of carbonyl (C=O) groups excluding carboxylic acids is 1. The standard InChI is InChI=1S/C24H23N5O4/c1-15-13-16(2)29(28-15)22-11-12-23(27-26-22)33-19-8-6-18(7-9-19)25-24(30)17-5-10-20(31-3)21(14-17)32-4/h5-14H,1-4H3,(H,25,30). The van der Waals surface area contributed by atoms with Gasteiger partial charge < -0.3 is 19.5 Å². The Bertz CT molecular complexity index is 1270. The molecule has 168 valence electrons. The van der Waals surface area contributed by atoms with E-state index in [1.807, 2.05) is 19.9 Å². The summed E-state index contributed by atoms with van der Waals surface area (Å²) in [4.78, 5) is 12.6. The largest absolute Gasteiger partial charge is 0.493 e. The fraction of sp³-hybridized carbons (Fsp3) is 0.167. The van der Waals surface area contributed by atoms with E-state index < -0.39 is 0 Å². The Kier molecular flexibility index (Phi) is 6.21. The highest BCUT2D eigenvalue weighted by molar-refractivity contribution is 6.04. The normalized spacial score (nSPS) is 10.5. The minimum Gasteiger partial charge on any atom is -0.493 e. The van der Waals surface area contributed by atoms with Crippen molar-refractivity contribution in [3.63, 3.8) is 0 Å². The molecular weight excluding hydrogens is 422 g/mol. The maximum Gasteiger partial charge on any atom is 0.255 e. The molecule has 4 aromatic rings. The van der Waals surface area contributed by atoms with E-state index in [2.05, 4.69) is 20.6 Å². The first-order valence-corrected chi connectivity index (χ1v) is 10.2. The number of hydrogen-bond donors (Lipinski definition) is 1. The quantitative estimate of drug-likeness (QED) is 0.452. The van der Waals surface area contributed by atoms with Gasteiger partial charge in [-0.2, -0.15) is 5.10 Å². The number of nitrogens with zero attached hydrogens (tertiary/aromatic N) is 4. The van der Waals surface area contributed by atoms with E-state index in [1.165, 1.54) is 7.11 Å². The van der Waals surface area contributed by atoms with Crippen LogP contribution in [0.15, 0.2) is 60.7 Å². The molecule has 1 amide bonds. The zero-order valence-corrected chi connectivity index (χ0v) is 18.7. The second-order valence-corrected chi connectivity index (χ2v) is 7.22. The van der Waals surface area contributed by atoms with Crippen molar-refractivity contribution in [2.75, 3.05) is 19.5 Å². The average molecular weight is 445 g/mol. The number of methoxy groups -OCH3 is 2. The summed E-state index contributed by atoms with van der Waals surface area (Å²) in [6, 6.07) is 17.4. The number of aromatic nitrogens is 4. The molecule has 9 nitrogen and oxygen atoms in total. The van der Waals surface area contributed by atoms with Crippen LogP contribution < -0.4 is 19.5 Å². The van der Waals surface area contributed by atoms with Crippen LogP contribution in [-0.2, 0) is 0 Å². The number of anilines is 1. The van der Waals surface area contributed by atoms with Gasteiger partial charge in [-0.3, -0.25) is 4.79 Å². The van der Waals surface area contributed by atoms with Crippen LogP contribution >= 0.6 is 0 Å². The van der Waals surface area contributed by atoms with Gasteiger partial charge in [-0.25, -0.2) is 4.68 Å². The Morgan fingerprint density at radius 1 is 0.879 bits per heavy atom. The molecule has 0 radical (unpaired) electrons. The van der Waals surface area contributed by atoms with E-state index in [0.717, 1.165) is 11.4 Å². The Hall–Kier alpha value is -4.40. The summed E-state index contributed by atoms with van der Waals surface area (Å²) < 4.78 is 17.9. The van der Waals surface area contributed by atoms with Crippen molar-refractivity contribution in [1.29, 1.82) is 0 Å². The molecule has 4 rings (SSSR count). The van der Waals surface area contributed by atoms with Gasteiger partial charge in [0.1, 0.15) is 5.75 Å². The predicted octanol–water partition coefficient (Wildman–Crippen LogP) is 4.34. The molecule has 0 saturated heterocycles. The molecule has 0 saturated carbocycles. The smallest absolute Gasteiger partial charge is 0.255 e. The number of amides is 1. The van der Waals surface area contributed by atoms with E-state index in [9.17, 15) is 4.79 Å². The van der Waals surface area contributed by atoms with Crippen LogP contribution in [0.1, 0.15) is 21.7 Å². The van der Waals surface area contributed by atoms with Gasteiger partial charge in [0, 0.05) is 23.0 Å². The number of nitrogens with one attached hydrogen (secondary N) is 1. The van der Waals surface area contributed by atoms with Gasteiger partial charge in [-0.05, 0) is 68.4 Å². The molecule has 0 bridgehead atoms. The summed E-state index contributed by atoms with van der Waals surface area (Å²) in [5.74, 6) is 2.30. The maximum atomic E-state index is 12.6. The van der Waals surface area contributed by atoms with E-state index in [4.69, 9.17) is 14.2 Å². The Labute approximate surface area is 190 Å². The van der Waals surface area contributed by atoms with Crippen molar-refractivity contribution in [1.82, 2.24) is 20.0 Å². The first kappa shape index (κ1) is 21.8. The fourth-order valence-electron chi connectivity index (χ4n) is 3.25. The molecule has 0 unspecified atom stereocenters. The Balaban J connectivity index is 1.40. The molecule has 2 aromatic heterocycles. The molecule has 2 heterocycles. The SMILES string of the molecule is COc1ccc(C(=O)Nc2ccc(Oc3ccc(-n4nc(C)cc4C)nn3)cc2)cc1OC. The lowest BCUT2D eigenvalue weighted by molar-refractivity contribution is 0.102. The third kappa shape index (κ3) is 4.93. The highest BCUT2D eigenvalue weighted by Crippen LogP contribution is 2.28. The van der Waals surface area contributed by atoms with Crippen LogP contribution in [0.25, 0.3) is 5.82 Å². The molecule has 0 fully saturated rings. The lowest BCUT2D eigenvalue weighted by Gasteiger charge is -2.10. The van der Waals surface area contributed by atoms with Gasteiger partial charge in [0.05, 0.1) is 19.9 Å². The van der Waals surface area contributed by atoms with Crippen molar-refractivity contribution in [2.45, 2.75) is 13.8 Å². The second-order valence-electron chi connectivity index (χ2n) is 7.22. The highest BCUT2D eigenvalue weighted by atomic mass is 16.5. The summed E-state index contributed by atoms with van der Waals surface area (Å²) in [7, 11) is 3.07. The number of aryl methyl sites for hydroxylation is 2. The predicted molar refractivity (Wildman–Crippen MR) is 123 cm³/mol. The molecule has 0 aliphatic heterocycles. The molecule has 0 atom stereocenters. The maximum absolute atomic E-state index is 12.6. The van der Waals surface area contributed by atoms with Crippen LogP contribution in [-0.4, -0.2) is 40.1 Å². The minimum atomic E-state index is -0.268. The van der Waals surface area contributed by atoms with Crippen LogP contribution in [0, 0.1) is 13.8 Å². The Morgan fingerprint density at radius 2 is 1.64 bits per heavy atom. The van der Waals surface area contributed by atoms with Crippen LogP contribution in [0.3, 0.4) is 0 Å². The zero-order valence-electron chi connectivity index (χ0n) is 18.7. The van der Waals surface area contributed by atoms with Crippen molar-refractivity contribution < 1.29 is 19.0 Å². The number of hydrogen-bond acceptors (Lipinski definition) is 7. The number of rotatable bonds is 7. The third-order valence-corrected chi connectivity index (χ3v) is 4.83. The molecule has 0 aliphatic rings. The topological polar surface area (TPSA) is 100 Å². The summed E-state index contributed by atoms with van der Waals surface area (Å²) in [6.45, 7) is 3.88. The van der Waals surface area contributed by atoms with Crippen molar-refractivity contribution in [3.8, 4) is 28.9 Å². The first-order chi connectivity index (χ1) is 16.0. The lowest BCUT2D eigenvalue weighted by Crippen LogP contribution is -2.12. The summed E-state index contributed by atoms with van der Waals surface area (Å²) in [5, 5.41) is 15.5. The number of carbonyl (C=O) groups is 1. The number of ether oxygens (including phenoxy) is 3. The zero-order chi connectivity index (χ0) is 23.4. The monoisotopic (exact) mass is 445 g/mol. The van der Waals surface area contributed by atoms with Crippen LogP contribution in [0.4, 0.5) is 5.69 Å². The van der Waals surface area contributed by atoms with Gasteiger partial charge in [-0.15, -0.1) is 10.2 Å². The fourth-order valence-corrected chi connectivity index (χ4v) is 3.25. The van der Waals surface area contributed by atoms with Crippen molar-refractivity contribution >= 4 is 11.6 Å². The number of benzene rings is 2. The average Bonchev–Trinajstić information content (AvgIpc) is 3.18. The lowest BCUT2D eigenvalue weighted by atomic mass is 10.2. The van der Waals surface area contributed by atoms with Gasteiger partial charge in [0.15, 0.2) is 17.3 Å². The summed E-state index contributed by atoms with van der Waals surface area (Å²) in [5.41, 5.74) is 2.95. The molecular formula is C24H23N5O4. The van der Waals surface area contributed by atoms with Crippen molar-refractivity contribution in [2.24, 2.45) is 0 Å². The second kappa shape index (κ2) is 9.39. The third-order valence-electron chi connectivity index (χ3n) is 4.83. The molecule has 33 heavy (non-hydrogen) atoms. The summed E-state index contributed by atoms with van der Waals surface area (Å²) >= 11 is 0. The Morgan fingerprint density at radius 3 is 2.24 bits per heavy atom. The molecule has 0 spiro atoms. The first-order valence-electron chi connectivity index (χ1n) is 10.2. The molecule has 0 aliphatic carbocycles. The van der Waals surface area contributed by atoms with Crippen molar-refractivity contribution in [3.05, 3.63) is 77.6 Å². The van der Waals surface area contributed by atoms with E-state index in [-0.39, 0.29) is 5.91 Å². The summed E-state index contributed by atoms with van der Waals surface area (Å²) in [6.07, 6.45) is 0. The van der Waals surface area contributed by atoms with Crippen LogP contribution in [0.2, 0.25) is 0 Å².